The normalized spacial score (nSPS) is 24.4. The van der Waals surface area contributed by atoms with E-state index in [-0.39, 0.29) is 6.61 Å². The van der Waals surface area contributed by atoms with Gasteiger partial charge in [0.1, 0.15) is 0 Å². The van der Waals surface area contributed by atoms with Gasteiger partial charge in [0.25, 0.3) is 0 Å². The molecule has 0 aromatic heterocycles. The number of aliphatic hydroxyl groups excluding tert-OH is 2. The summed E-state index contributed by atoms with van der Waals surface area (Å²) in [6, 6.07) is 0.583. The summed E-state index contributed by atoms with van der Waals surface area (Å²) in [5.41, 5.74) is 0.493. The zero-order valence-corrected chi connectivity index (χ0v) is 10.2. The molecule has 0 bridgehead atoms. The number of likely N-dealkylation sites (N-methyl/N-ethyl adjacent to an activating group) is 1. The molecular formula is C12H25NO2. The van der Waals surface area contributed by atoms with Crippen LogP contribution in [0.25, 0.3) is 0 Å². The van der Waals surface area contributed by atoms with E-state index < -0.39 is 6.10 Å². The first-order chi connectivity index (χ1) is 6.94. The molecule has 1 saturated carbocycles. The van der Waals surface area contributed by atoms with Crippen LogP contribution in [0.15, 0.2) is 0 Å². The molecule has 0 radical (unpaired) electrons. The van der Waals surface area contributed by atoms with Crippen molar-refractivity contribution in [1.29, 1.82) is 0 Å². The van der Waals surface area contributed by atoms with Gasteiger partial charge in [-0.05, 0) is 38.1 Å². The smallest absolute Gasteiger partial charge is 0.0897 e. The Morgan fingerprint density at radius 2 is 1.87 bits per heavy atom. The van der Waals surface area contributed by atoms with Crippen LogP contribution < -0.4 is 0 Å². The Hall–Kier alpha value is -0.120. The van der Waals surface area contributed by atoms with Gasteiger partial charge in [0.2, 0.25) is 0 Å². The summed E-state index contributed by atoms with van der Waals surface area (Å²) in [5, 5.41) is 18.2. The van der Waals surface area contributed by atoms with Gasteiger partial charge in [-0.3, -0.25) is 0 Å². The largest absolute Gasteiger partial charge is 0.394 e. The minimum atomic E-state index is -0.593. The first-order valence-corrected chi connectivity index (χ1v) is 5.94. The summed E-state index contributed by atoms with van der Waals surface area (Å²) in [5.74, 6) is 0. The van der Waals surface area contributed by atoms with Crippen LogP contribution in [0.2, 0.25) is 0 Å². The maximum atomic E-state index is 9.37. The fourth-order valence-electron chi connectivity index (χ4n) is 2.36. The molecule has 1 fully saturated rings. The molecule has 1 atom stereocenters. The van der Waals surface area contributed by atoms with E-state index in [0.29, 0.717) is 18.0 Å². The molecule has 0 amide bonds. The summed E-state index contributed by atoms with van der Waals surface area (Å²) < 4.78 is 0. The van der Waals surface area contributed by atoms with Crippen molar-refractivity contribution in [3.05, 3.63) is 0 Å². The van der Waals surface area contributed by atoms with Crippen molar-refractivity contribution in [3.8, 4) is 0 Å². The second-order valence-corrected chi connectivity index (χ2v) is 5.67. The lowest BCUT2D eigenvalue weighted by molar-refractivity contribution is 0.0396. The molecule has 90 valence electrons. The summed E-state index contributed by atoms with van der Waals surface area (Å²) in [4.78, 5) is 2.19. The SMILES string of the molecule is CN(CC(O)CO)C1CCC(C)(C)CC1. The summed E-state index contributed by atoms with van der Waals surface area (Å²) in [6.07, 6.45) is 4.35. The van der Waals surface area contributed by atoms with Crippen molar-refractivity contribution < 1.29 is 10.2 Å². The van der Waals surface area contributed by atoms with Crippen LogP contribution in [0.5, 0.6) is 0 Å². The molecule has 1 rings (SSSR count). The van der Waals surface area contributed by atoms with E-state index in [0.717, 1.165) is 0 Å². The highest BCUT2D eigenvalue weighted by atomic mass is 16.3. The van der Waals surface area contributed by atoms with E-state index in [9.17, 15) is 5.11 Å². The van der Waals surface area contributed by atoms with E-state index in [1.54, 1.807) is 0 Å². The topological polar surface area (TPSA) is 43.7 Å². The molecule has 15 heavy (non-hydrogen) atoms. The van der Waals surface area contributed by atoms with E-state index >= 15 is 0 Å². The summed E-state index contributed by atoms with van der Waals surface area (Å²) in [6.45, 7) is 5.10. The maximum Gasteiger partial charge on any atom is 0.0897 e. The number of hydrogen-bond acceptors (Lipinski definition) is 3. The van der Waals surface area contributed by atoms with Gasteiger partial charge in [0, 0.05) is 12.6 Å². The standard InChI is InChI=1S/C12H25NO2/c1-12(2)6-4-10(5-7-12)13(3)8-11(15)9-14/h10-11,14-15H,4-9H2,1-3H3. The van der Waals surface area contributed by atoms with E-state index in [1.165, 1.54) is 25.7 Å². The van der Waals surface area contributed by atoms with E-state index in [2.05, 4.69) is 18.7 Å². The molecule has 0 aliphatic heterocycles. The molecule has 1 aliphatic carbocycles. The predicted molar refractivity (Wildman–Crippen MR) is 61.8 cm³/mol. The number of nitrogens with zero attached hydrogens (tertiary/aromatic N) is 1. The van der Waals surface area contributed by atoms with Crippen LogP contribution in [0.4, 0.5) is 0 Å². The third-order valence-corrected chi connectivity index (χ3v) is 3.64. The molecule has 0 aromatic carbocycles. The lowest BCUT2D eigenvalue weighted by Crippen LogP contribution is -2.41. The first kappa shape index (κ1) is 12.9. The summed E-state index contributed by atoms with van der Waals surface area (Å²) in [7, 11) is 2.04. The first-order valence-electron chi connectivity index (χ1n) is 5.94. The van der Waals surface area contributed by atoms with Gasteiger partial charge < -0.3 is 15.1 Å². The van der Waals surface area contributed by atoms with Crippen molar-refractivity contribution in [2.45, 2.75) is 51.7 Å². The lowest BCUT2D eigenvalue weighted by atomic mass is 9.75. The molecule has 1 unspecified atom stereocenters. The third kappa shape index (κ3) is 4.09. The minimum Gasteiger partial charge on any atom is -0.394 e. The van der Waals surface area contributed by atoms with Gasteiger partial charge in [-0.25, -0.2) is 0 Å². The molecule has 0 aromatic rings. The Kier molecular flexibility index (Phi) is 4.56. The Morgan fingerprint density at radius 3 is 2.33 bits per heavy atom. The molecule has 2 N–H and O–H groups in total. The van der Waals surface area contributed by atoms with Crippen LogP contribution in [0.1, 0.15) is 39.5 Å². The molecule has 0 saturated heterocycles. The van der Waals surface area contributed by atoms with Gasteiger partial charge in [-0.15, -0.1) is 0 Å². The zero-order chi connectivity index (χ0) is 11.5. The second-order valence-electron chi connectivity index (χ2n) is 5.67. The highest BCUT2D eigenvalue weighted by Gasteiger charge is 2.29. The van der Waals surface area contributed by atoms with Crippen molar-refractivity contribution in [3.63, 3.8) is 0 Å². The molecule has 0 heterocycles. The molecule has 3 heteroatoms. The van der Waals surface area contributed by atoms with Gasteiger partial charge in [0.15, 0.2) is 0 Å². The Bertz CT molecular complexity index is 184. The third-order valence-electron chi connectivity index (χ3n) is 3.64. The summed E-state index contributed by atoms with van der Waals surface area (Å²) >= 11 is 0. The quantitative estimate of drug-likeness (QED) is 0.741. The Morgan fingerprint density at radius 1 is 1.33 bits per heavy atom. The van der Waals surface area contributed by atoms with Crippen molar-refractivity contribution in [1.82, 2.24) is 4.90 Å². The molecule has 1 aliphatic rings. The Labute approximate surface area is 93.1 Å². The molecular weight excluding hydrogens is 190 g/mol. The van der Waals surface area contributed by atoms with Crippen LogP contribution in [-0.4, -0.2) is 47.5 Å². The molecule has 3 nitrogen and oxygen atoms in total. The highest BCUT2D eigenvalue weighted by Crippen LogP contribution is 2.36. The lowest BCUT2D eigenvalue weighted by Gasteiger charge is -2.39. The average Bonchev–Trinajstić information content (AvgIpc) is 2.17. The van der Waals surface area contributed by atoms with E-state index in [4.69, 9.17) is 5.11 Å². The van der Waals surface area contributed by atoms with E-state index in [1.807, 2.05) is 7.05 Å². The second kappa shape index (κ2) is 5.28. The van der Waals surface area contributed by atoms with Gasteiger partial charge in [-0.2, -0.15) is 0 Å². The number of aliphatic hydroxyl groups is 2. The van der Waals surface area contributed by atoms with Crippen LogP contribution in [0.3, 0.4) is 0 Å². The highest BCUT2D eigenvalue weighted by molar-refractivity contribution is 4.83. The van der Waals surface area contributed by atoms with Crippen LogP contribution >= 0.6 is 0 Å². The fourth-order valence-corrected chi connectivity index (χ4v) is 2.36. The van der Waals surface area contributed by atoms with Crippen LogP contribution in [0, 0.1) is 5.41 Å². The van der Waals surface area contributed by atoms with Gasteiger partial charge >= 0.3 is 0 Å². The monoisotopic (exact) mass is 215 g/mol. The van der Waals surface area contributed by atoms with Crippen molar-refractivity contribution in [2.24, 2.45) is 5.41 Å². The van der Waals surface area contributed by atoms with Crippen LogP contribution in [-0.2, 0) is 0 Å². The fraction of sp³-hybridized carbons (Fsp3) is 1.00. The number of rotatable bonds is 4. The molecule has 0 spiro atoms. The van der Waals surface area contributed by atoms with Gasteiger partial charge in [-0.1, -0.05) is 13.8 Å². The van der Waals surface area contributed by atoms with Crippen molar-refractivity contribution >= 4 is 0 Å². The van der Waals surface area contributed by atoms with Crippen molar-refractivity contribution in [2.75, 3.05) is 20.2 Å². The van der Waals surface area contributed by atoms with Gasteiger partial charge in [0.05, 0.1) is 12.7 Å². The maximum absolute atomic E-state index is 9.37. The average molecular weight is 215 g/mol. The zero-order valence-electron chi connectivity index (χ0n) is 10.2. The predicted octanol–water partition coefficient (Wildman–Crippen LogP) is 1.24. The number of hydrogen-bond donors (Lipinski definition) is 2. The minimum absolute atomic E-state index is 0.136. The Balaban J connectivity index is 2.33.